The summed E-state index contributed by atoms with van der Waals surface area (Å²) in [4.78, 5) is 18.2. The molecular formula is C7H4N2O2. The van der Waals surface area contributed by atoms with E-state index in [1.54, 1.807) is 12.1 Å². The largest absolute Gasteiger partial charge is 0.443 e. The Morgan fingerprint density at radius 3 is 3.09 bits per heavy atom. The summed E-state index contributed by atoms with van der Waals surface area (Å²) in [6.45, 7) is 0. The minimum Gasteiger partial charge on any atom is -0.443 e. The Morgan fingerprint density at radius 1 is 1.36 bits per heavy atom. The van der Waals surface area contributed by atoms with Gasteiger partial charge in [-0.25, -0.2) is 4.98 Å². The summed E-state index contributed by atoms with van der Waals surface area (Å²) in [5.41, 5.74) is 0.384. The zero-order valence-electron chi connectivity index (χ0n) is 5.52. The standard InChI is InChI=1S/C7H4N2O2/c10-7-6-5(11-4-9-7)2-1-3-8-6/h1-4H. The lowest BCUT2D eigenvalue weighted by molar-refractivity contribution is 0.574. The Kier molecular flexibility index (Phi) is 1.18. The van der Waals surface area contributed by atoms with Crippen LogP contribution >= 0.6 is 0 Å². The summed E-state index contributed by atoms with van der Waals surface area (Å²) in [7, 11) is 0. The average molecular weight is 148 g/mol. The van der Waals surface area contributed by atoms with Crippen molar-refractivity contribution in [2.45, 2.75) is 0 Å². The molecule has 11 heavy (non-hydrogen) atoms. The quantitative estimate of drug-likeness (QED) is 0.548. The van der Waals surface area contributed by atoms with Crippen LogP contribution in [-0.2, 0) is 0 Å². The Hall–Kier alpha value is -1.71. The fraction of sp³-hybridized carbons (Fsp3) is 0. The summed E-state index contributed by atoms with van der Waals surface area (Å²) in [6, 6.07) is 3.37. The number of nitrogens with zero attached hydrogens (tertiary/aromatic N) is 2. The summed E-state index contributed by atoms with van der Waals surface area (Å²) in [5, 5.41) is 0. The Labute approximate surface area is 61.5 Å². The van der Waals surface area contributed by atoms with Crippen LogP contribution in [0.4, 0.5) is 0 Å². The van der Waals surface area contributed by atoms with Crippen LogP contribution in [0.2, 0.25) is 0 Å². The van der Waals surface area contributed by atoms with Gasteiger partial charge in [0.2, 0.25) is 0 Å². The van der Waals surface area contributed by atoms with Crippen molar-refractivity contribution in [1.82, 2.24) is 9.97 Å². The molecule has 0 aliphatic carbocycles. The molecule has 0 fully saturated rings. The molecule has 0 aliphatic rings. The van der Waals surface area contributed by atoms with Crippen molar-refractivity contribution in [2.75, 3.05) is 0 Å². The maximum Gasteiger partial charge on any atom is 0.302 e. The molecule has 0 saturated heterocycles. The van der Waals surface area contributed by atoms with Crippen molar-refractivity contribution in [1.29, 1.82) is 0 Å². The van der Waals surface area contributed by atoms with Gasteiger partial charge in [-0.1, -0.05) is 0 Å². The average Bonchev–Trinajstić information content (AvgIpc) is 2.06. The number of pyridine rings is 1. The van der Waals surface area contributed by atoms with E-state index in [9.17, 15) is 4.79 Å². The number of rotatable bonds is 0. The van der Waals surface area contributed by atoms with Crippen molar-refractivity contribution in [3.05, 3.63) is 35.1 Å². The first-order valence-corrected chi connectivity index (χ1v) is 3.06. The highest BCUT2D eigenvalue weighted by molar-refractivity contribution is 5.69. The van der Waals surface area contributed by atoms with Crippen LogP contribution < -0.4 is 5.56 Å². The van der Waals surface area contributed by atoms with Crippen LogP contribution in [0.3, 0.4) is 0 Å². The maximum atomic E-state index is 10.9. The van der Waals surface area contributed by atoms with Gasteiger partial charge in [-0.15, -0.1) is 0 Å². The molecule has 4 heteroatoms. The Bertz CT molecular complexity index is 430. The molecule has 0 saturated carbocycles. The summed E-state index contributed by atoms with van der Waals surface area (Å²) >= 11 is 0. The number of hydrogen-bond donors (Lipinski definition) is 0. The van der Waals surface area contributed by atoms with Crippen molar-refractivity contribution in [3.63, 3.8) is 0 Å². The van der Waals surface area contributed by atoms with E-state index < -0.39 is 0 Å². The molecule has 54 valence electrons. The van der Waals surface area contributed by atoms with Crippen LogP contribution in [-0.4, -0.2) is 9.97 Å². The number of aromatic nitrogens is 2. The summed E-state index contributed by atoms with van der Waals surface area (Å²) in [5.74, 6) is 0. The lowest BCUT2D eigenvalue weighted by Crippen LogP contribution is -2.05. The third-order valence-corrected chi connectivity index (χ3v) is 1.32. The smallest absolute Gasteiger partial charge is 0.302 e. The van der Waals surface area contributed by atoms with Crippen molar-refractivity contribution in [2.24, 2.45) is 0 Å². The third-order valence-electron chi connectivity index (χ3n) is 1.32. The molecule has 0 aliphatic heterocycles. The molecular weight excluding hydrogens is 144 g/mol. The third kappa shape index (κ3) is 0.881. The molecule has 0 spiro atoms. The van der Waals surface area contributed by atoms with Crippen molar-refractivity contribution >= 4 is 11.1 Å². The maximum absolute atomic E-state index is 10.9. The highest BCUT2D eigenvalue weighted by Gasteiger charge is 1.98. The van der Waals surface area contributed by atoms with Gasteiger partial charge in [0, 0.05) is 6.20 Å². The molecule has 2 aromatic rings. The first kappa shape index (κ1) is 6.03. The fourth-order valence-electron chi connectivity index (χ4n) is 0.838. The molecule has 0 N–H and O–H groups in total. The van der Waals surface area contributed by atoms with Crippen LogP contribution in [0.15, 0.2) is 33.9 Å². The molecule has 0 amide bonds. The molecule has 0 atom stereocenters. The predicted octanol–water partition coefficient (Wildman–Crippen LogP) is 0.583. The van der Waals surface area contributed by atoms with Gasteiger partial charge in [0.15, 0.2) is 17.5 Å². The minimum atomic E-state index is -0.355. The molecule has 0 bridgehead atoms. The van der Waals surface area contributed by atoms with Gasteiger partial charge in [0.25, 0.3) is 0 Å². The molecule has 2 aromatic heterocycles. The molecule has 2 heterocycles. The lowest BCUT2D eigenvalue weighted by Gasteiger charge is -1.89. The van der Waals surface area contributed by atoms with Crippen LogP contribution in [0.5, 0.6) is 0 Å². The van der Waals surface area contributed by atoms with E-state index in [1.165, 1.54) is 6.20 Å². The van der Waals surface area contributed by atoms with Gasteiger partial charge >= 0.3 is 5.56 Å². The van der Waals surface area contributed by atoms with Gasteiger partial charge in [-0.05, 0) is 12.1 Å². The zero-order chi connectivity index (χ0) is 7.68. The minimum absolute atomic E-state index is 0.273. The Balaban J connectivity index is 3.03. The van der Waals surface area contributed by atoms with Gasteiger partial charge in [0.1, 0.15) is 0 Å². The van der Waals surface area contributed by atoms with E-state index in [0.717, 1.165) is 6.39 Å². The second-order valence-electron chi connectivity index (χ2n) is 2.01. The van der Waals surface area contributed by atoms with E-state index >= 15 is 0 Å². The zero-order valence-corrected chi connectivity index (χ0v) is 5.52. The van der Waals surface area contributed by atoms with Gasteiger partial charge in [-0.3, -0.25) is 4.79 Å². The Morgan fingerprint density at radius 2 is 2.27 bits per heavy atom. The molecule has 0 unspecified atom stereocenters. The summed E-state index contributed by atoms with van der Waals surface area (Å²) in [6.07, 6.45) is 2.65. The highest BCUT2D eigenvalue weighted by Crippen LogP contribution is 2.02. The number of fused-ring (bicyclic) bond motifs is 1. The second-order valence-corrected chi connectivity index (χ2v) is 2.01. The van der Waals surface area contributed by atoms with Crippen molar-refractivity contribution < 1.29 is 4.42 Å². The lowest BCUT2D eigenvalue weighted by atomic mass is 10.4. The van der Waals surface area contributed by atoms with Crippen LogP contribution in [0.25, 0.3) is 11.1 Å². The topological polar surface area (TPSA) is 56.0 Å². The number of hydrogen-bond acceptors (Lipinski definition) is 4. The van der Waals surface area contributed by atoms with E-state index in [2.05, 4.69) is 9.97 Å². The molecule has 2 rings (SSSR count). The van der Waals surface area contributed by atoms with E-state index in [0.29, 0.717) is 5.58 Å². The van der Waals surface area contributed by atoms with Gasteiger partial charge in [-0.2, -0.15) is 4.98 Å². The predicted molar refractivity (Wildman–Crippen MR) is 38.1 cm³/mol. The first-order valence-electron chi connectivity index (χ1n) is 3.06. The van der Waals surface area contributed by atoms with Gasteiger partial charge in [0.05, 0.1) is 0 Å². The summed E-state index contributed by atoms with van der Waals surface area (Å²) < 4.78 is 4.92. The van der Waals surface area contributed by atoms with Crippen LogP contribution in [0, 0.1) is 0 Å². The molecule has 0 aromatic carbocycles. The SMILES string of the molecule is O=c1ncoc2cccnc12. The molecule has 0 radical (unpaired) electrons. The van der Waals surface area contributed by atoms with E-state index in [4.69, 9.17) is 4.42 Å². The monoisotopic (exact) mass is 148 g/mol. The van der Waals surface area contributed by atoms with E-state index in [1.807, 2.05) is 0 Å². The second kappa shape index (κ2) is 2.16. The normalized spacial score (nSPS) is 10.2. The highest BCUT2D eigenvalue weighted by atomic mass is 16.3. The fourth-order valence-corrected chi connectivity index (χ4v) is 0.838. The van der Waals surface area contributed by atoms with Crippen LogP contribution in [0.1, 0.15) is 0 Å². The molecule has 4 nitrogen and oxygen atoms in total. The van der Waals surface area contributed by atoms with Crippen molar-refractivity contribution in [3.8, 4) is 0 Å². The van der Waals surface area contributed by atoms with Gasteiger partial charge < -0.3 is 4.42 Å². The van der Waals surface area contributed by atoms with E-state index in [-0.39, 0.29) is 11.1 Å². The first-order chi connectivity index (χ1) is 5.38.